The number of likely N-dealkylation sites (tertiary alicyclic amines) is 1. The van der Waals surface area contributed by atoms with Gasteiger partial charge in [0, 0.05) is 36.8 Å². The largest absolute Gasteiger partial charge is 0.342 e. The van der Waals surface area contributed by atoms with Crippen LogP contribution in [0.3, 0.4) is 0 Å². The Labute approximate surface area is 163 Å². The van der Waals surface area contributed by atoms with Crippen molar-refractivity contribution in [3.8, 4) is 0 Å². The van der Waals surface area contributed by atoms with Gasteiger partial charge in [-0.05, 0) is 18.4 Å². The Kier molecular flexibility index (Phi) is 4.67. The second-order valence-corrected chi connectivity index (χ2v) is 9.71. The van der Waals surface area contributed by atoms with E-state index in [1.54, 1.807) is 16.1 Å². The summed E-state index contributed by atoms with van der Waals surface area (Å²) in [5, 5.41) is 5.24. The Morgan fingerprint density at radius 1 is 1.14 bits per heavy atom. The lowest BCUT2D eigenvalue weighted by Gasteiger charge is -2.28. The van der Waals surface area contributed by atoms with Crippen molar-refractivity contribution in [3.63, 3.8) is 0 Å². The molecule has 3 heterocycles. The van der Waals surface area contributed by atoms with Crippen LogP contribution in [0.1, 0.15) is 22.9 Å². The molecule has 2 aliphatic rings. The maximum atomic E-state index is 12.8. The Bertz CT molecular complexity index is 1040. The van der Waals surface area contributed by atoms with E-state index in [4.69, 9.17) is 0 Å². The first-order valence-corrected chi connectivity index (χ1v) is 11.2. The zero-order chi connectivity index (χ0) is 20.1. The van der Waals surface area contributed by atoms with Gasteiger partial charge in [0.1, 0.15) is 0 Å². The molecule has 2 fully saturated rings. The van der Waals surface area contributed by atoms with Gasteiger partial charge in [0.2, 0.25) is 15.9 Å². The number of rotatable bonds is 4. The Morgan fingerprint density at radius 3 is 2.46 bits per heavy atom. The molecular formula is C19H24N4O4S. The lowest BCUT2D eigenvalue weighted by atomic mass is 9.90. The van der Waals surface area contributed by atoms with E-state index in [-0.39, 0.29) is 35.8 Å². The molecule has 1 aromatic heterocycles. The summed E-state index contributed by atoms with van der Waals surface area (Å²) in [7, 11) is -3.35. The summed E-state index contributed by atoms with van der Waals surface area (Å²) in [5.41, 5.74) is 1.81. The predicted molar refractivity (Wildman–Crippen MR) is 104 cm³/mol. The minimum Gasteiger partial charge on any atom is -0.342 e. The summed E-state index contributed by atoms with van der Waals surface area (Å²) in [6, 6.07) is 9.33. The molecule has 0 bridgehead atoms. The van der Waals surface area contributed by atoms with E-state index in [9.17, 15) is 18.0 Å². The van der Waals surface area contributed by atoms with E-state index in [2.05, 4.69) is 10.2 Å². The van der Waals surface area contributed by atoms with Crippen LogP contribution in [0, 0.1) is 18.8 Å². The summed E-state index contributed by atoms with van der Waals surface area (Å²) >= 11 is 0. The van der Waals surface area contributed by atoms with Gasteiger partial charge in [0.05, 0.1) is 18.7 Å². The van der Waals surface area contributed by atoms with Crippen LogP contribution < -0.4 is 5.56 Å². The number of aromatic nitrogens is 2. The van der Waals surface area contributed by atoms with E-state index in [0.29, 0.717) is 30.9 Å². The van der Waals surface area contributed by atoms with Crippen LogP contribution in [0.25, 0.3) is 0 Å². The maximum absolute atomic E-state index is 12.8. The topological polar surface area (TPSA) is 106 Å². The molecule has 0 spiro atoms. The lowest BCUT2D eigenvalue weighted by molar-refractivity contribution is -0.129. The minimum absolute atomic E-state index is 0.0479. The summed E-state index contributed by atoms with van der Waals surface area (Å²) in [5.74, 6) is 0.0430. The van der Waals surface area contributed by atoms with Gasteiger partial charge in [0.25, 0.3) is 5.56 Å². The van der Waals surface area contributed by atoms with Crippen LogP contribution >= 0.6 is 0 Å². The van der Waals surface area contributed by atoms with Gasteiger partial charge in [-0.1, -0.05) is 30.3 Å². The molecular weight excluding hydrogens is 380 g/mol. The average molecular weight is 404 g/mol. The first-order valence-electron chi connectivity index (χ1n) is 9.31. The van der Waals surface area contributed by atoms with Crippen LogP contribution in [0.15, 0.2) is 35.1 Å². The number of nitrogens with zero attached hydrogens (tertiary/aromatic N) is 2. The van der Waals surface area contributed by atoms with Crippen molar-refractivity contribution in [2.45, 2.75) is 19.4 Å². The molecule has 9 heteroatoms. The van der Waals surface area contributed by atoms with Gasteiger partial charge in [-0.15, -0.1) is 0 Å². The van der Waals surface area contributed by atoms with Crippen LogP contribution in [-0.2, 0) is 21.2 Å². The van der Waals surface area contributed by atoms with Crippen molar-refractivity contribution >= 4 is 15.9 Å². The fraction of sp³-hybridized carbons (Fsp3) is 0.474. The van der Waals surface area contributed by atoms with Crippen molar-refractivity contribution in [2.24, 2.45) is 11.8 Å². The molecule has 2 saturated heterocycles. The van der Waals surface area contributed by atoms with E-state index < -0.39 is 10.0 Å². The fourth-order valence-corrected chi connectivity index (χ4v) is 5.72. The maximum Gasteiger partial charge on any atom is 0.267 e. The summed E-state index contributed by atoms with van der Waals surface area (Å²) in [4.78, 5) is 26.4. The lowest BCUT2D eigenvalue weighted by Crippen LogP contribution is -2.37. The number of aromatic amines is 2. The normalized spacial score (nSPS) is 25.2. The Balaban J connectivity index is 1.57. The van der Waals surface area contributed by atoms with Crippen molar-refractivity contribution in [1.82, 2.24) is 19.4 Å². The molecule has 8 nitrogen and oxygen atoms in total. The number of hydrogen-bond donors (Lipinski definition) is 2. The minimum atomic E-state index is -3.35. The third-order valence-electron chi connectivity index (χ3n) is 5.96. The number of carbonyl (C=O) groups excluding carboxylic acids is 1. The molecule has 150 valence electrons. The molecule has 0 saturated carbocycles. The zero-order valence-corrected chi connectivity index (χ0v) is 16.7. The molecule has 0 aliphatic carbocycles. The SMILES string of the molecule is Cc1[nH][nH]c(=O)c1CC(=O)N1C[C@@H]2CN(S(C)(=O)=O)[C@@H](c3ccccc3)[C@@H]2C1. The number of aryl methyl sites for hydroxylation is 1. The number of amides is 1. The molecule has 3 atom stereocenters. The molecule has 2 aromatic rings. The highest BCUT2D eigenvalue weighted by Gasteiger charge is 2.51. The quantitative estimate of drug-likeness (QED) is 0.780. The summed E-state index contributed by atoms with van der Waals surface area (Å²) in [6.45, 7) is 3.18. The third-order valence-corrected chi connectivity index (χ3v) is 7.19. The van der Waals surface area contributed by atoms with Gasteiger partial charge in [0.15, 0.2) is 0 Å². The number of fused-ring (bicyclic) bond motifs is 1. The highest BCUT2D eigenvalue weighted by Crippen LogP contribution is 2.46. The number of benzene rings is 1. The summed E-state index contributed by atoms with van der Waals surface area (Å²) < 4.78 is 26.3. The summed E-state index contributed by atoms with van der Waals surface area (Å²) in [6.07, 6.45) is 1.30. The highest BCUT2D eigenvalue weighted by molar-refractivity contribution is 7.88. The molecule has 4 rings (SSSR count). The van der Waals surface area contributed by atoms with Crippen molar-refractivity contribution in [2.75, 3.05) is 25.9 Å². The van der Waals surface area contributed by atoms with Gasteiger partial charge in [-0.25, -0.2) is 8.42 Å². The van der Waals surface area contributed by atoms with E-state index in [0.717, 1.165) is 5.56 Å². The second-order valence-electron chi connectivity index (χ2n) is 7.77. The molecule has 2 aliphatic heterocycles. The average Bonchev–Trinajstić information content (AvgIpc) is 3.30. The third kappa shape index (κ3) is 3.29. The second kappa shape index (κ2) is 6.89. The number of nitrogens with one attached hydrogen (secondary N) is 2. The zero-order valence-electron chi connectivity index (χ0n) is 15.9. The Hall–Kier alpha value is -2.39. The first-order chi connectivity index (χ1) is 13.3. The first kappa shape index (κ1) is 18.9. The van der Waals surface area contributed by atoms with E-state index in [1.165, 1.54) is 6.26 Å². The molecule has 1 aromatic carbocycles. The van der Waals surface area contributed by atoms with Crippen molar-refractivity contribution < 1.29 is 13.2 Å². The van der Waals surface area contributed by atoms with Crippen LogP contribution in [0.4, 0.5) is 0 Å². The standard InChI is InChI=1S/C19H24N4O4S/c1-12-15(19(25)21-20-12)8-17(24)22-9-14-10-23(28(2,26)27)18(16(14)11-22)13-6-4-3-5-7-13/h3-7,14,16,18H,8-11H2,1-2H3,(H2,20,21,25)/t14-,16-,18+/m1/s1. The van der Waals surface area contributed by atoms with E-state index in [1.807, 2.05) is 30.3 Å². The predicted octanol–water partition coefficient (Wildman–Crippen LogP) is 0.645. The molecule has 0 unspecified atom stereocenters. The number of carbonyl (C=O) groups is 1. The highest BCUT2D eigenvalue weighted by atomic mass is 32.2. The molecule has 28 heavy (non-hydrogen) atoms. The molecule has 2 N–H and O–H groups in total. The monoisotopic (exact) mass is 404 g/mol. The van der Waals surface area contributed by atoms with Crippen LogP contribution in [0.2, 0.25) is 0 Å². The number of hydrogen-bond acceptors (Lipinski definition) is 4. The fourth-order valence-electron chi connectivity index (χ4n) is 4.56. The number of sulfonamides is 1. The van der Waals surface area contributed by atoms with Gasteiger partial charge >= 0.3 is 0 Å². The molecule has 1 amide bonds. The molecule has 0 radical (unpaired) electrons. The van der Waals surface area contributed by atoms with Crippen LogP contribution in [0.5, 0.6) is 0 Å². The smallest absolute Gasteiger partial charge is 0.267 e. The van der Waals surface area contributed by atoms with Crippen LogP contribution in [-0.4, -0.2) is 59.6 Å². The van der Waals surface area contributed by atoms with E-state index >= 15 is 0 Å². The van der Waals surface area contributed by atoms with Gasteiger partial charge in [-0.3, -0.25) is 14.7 Å². The Morgan fingerprint density at radius 2 is 1.86 bits per heavy atom. The van der Waals surface area contributed by atoms with Crippen molar-refractivity contribution in [1.29, 1.82) is 0 Å². The van der Waals surface area contributed by atoms with Crippen molar-refractivity contribution in [3.05, 3.63) is 57.5 Å². The van der Waals surface area contributed by atoms with Gasteiger partial charge in [-0.2, -0.15) is 4.31 Å². The number of H-pyrrole nitrogens is 2. The van der Waals surface area contributed by atoms with Gasteiger partial charge < -0.3 is 10.00 Å².